The molecular formula is C14H12Br3NO. The summed E-state index contributed by atoms with van der Waals surface area (Å²) in [6, 6.07) is 11.7. The molecule has 100 valence electrons. The van der Waals surface area contributed by atoms with Crippen LogP contribution in [0, 0.1) is 0 Å². The third-order valence-corrected chi connectivity index (χ3v) is 4.41. The molecule has 0 aliphatic rings. The first kappa shape index (κ1) is 15.0. The Morgan fingerprint density at radius 1 is 0.947 bits per heavy atom. The van der Waals surface area contributed by atoms with Crippen LogP contribution >= 0.6 is 47.8 Å². The summed E-state index contributed by atoms with van der Waals surface area (Å²) in [6.45, 7) is 0.636. The van der Waals surface area contributed by atoms with Crippen LogP contribution in [0.25, 0.3) is 0 Å². The van der Waals surface area contributed by atoms with Crippen molar-refractivity contribution in [3.05, 3.63) is 55.4 Å². The van der Waals surface area contributed by atoms with E-state index in [2.05, 4.69) is 47.8 Å². The van der Waals surface area contributed by atoms with E-state index < -0.39 is 0 Å². The summed E-state index contributed by atoms with van der Waals surface area (Å²) >= 11 is 10.4. The van der Waals surface area contributed by atoms with E-state index >= 15 is 0 Å². The molecule has 0 atom stereocenters. The Morgan fingerprint density at radius 3 is 2.37 bits per heavy atom. The highest BCUT2D eigenvalue weighted by atomic mass is 79.9. The quantitative estimate of drug-likeness (QED) is 0.690. The Kier molecular flexibility index (Phi) is 5.45. The SMILES string of the molecule is NCCc1ccc(Oc2ccc(Br)cc2Br)cc1Br. The van der Waals surface area contributed by atoms with Gasteiger partial charge in [-0.15, -0.1) is 0 Å². The second-order valence-electron chi connectivity index (χ2n) is 3.97. The maximum atomic E-state index is 5.85. The van der Waals surface area contributed by atoms with Crippen molar-refractivity contribution < 1.29 is 4.74 Å². The van der Waals surface area contributed by atoms with Crippen molar-refractivity contribution in [2.45, 2.75) is 6.42 Å². The second kappa shape index (κ2) is 6.88. The molecule has 0 saturated heterocycles. The maximum Gasteiger partial charge on any atom is 0.141 e. The summed E-state index contributed by atoms with van der Waals surface area (Å²) in [5.74, 6) is 1.57. The number of halogens is 3. The Morgan fingerprint density at radius 2 is 1.74 bits per heavy atom. The van der Waals surface area contributed by atoms with Crippen molar-refractivity contribution in [1.29, 1.82) is 0 Å². The third kappa shape index (κ3) is 4.05. The van der Waals surface area contributed by atoms with Crippen LogP contribution in [-0.2, 0) is 6.42 Å². The molecule has 5 heteroatoms. The molecule has 19 heavy (non-hydrogen) atoms. The molecule has 0 aliphatic carbocycles. The molecule has 2 N–H and O–H groups in total. The number of ether oxygens (including phenoxy) is 1. The Bertz CT molecular complexity index is 587. The molecule has 0 radical (unpaired) electrons. The monoisotopic (exact) mass is 447 g/mol. The predicted octanol–water partition coefficient (Wildman–Crippen LogP) is 5.27. The number of rotatable bonds is 4. The fraction of sp³-hybridized carbons (Fsp3) is 0.143. The normalized spacial score (nSPS) is 10.5. The fourth-order valence-corrected chi connectivity index (χ4v) is 3.32. The van der Waals surface area contributed by atoms with Gasteiger partial charge in [0.15, 0.2) is 0 Å². The Balaban J connectivity index is 2.21. The molecule has 0 aromatic heterocycles. The van der Waals surface area contributed by atoms with Crippen molar-refractivity contribution in [3.63, 3.8) is 0 Å². The van der Waals surface area contributed by atoms with Gasteiger partial charge in [0, 0.05) is 8.95 Å². The molecule has 2 nitrogen and oxygen atoms in total. The van der Waals surface area contributed by atoms with Crippen LogP contribution in [0.4, 0.5) is 0 Å². The number of benzene rings is 2. The Labute approximate surface area is 137 Å². The van der Waals surface area contributed by atoms with E-state index in [1.54, 1.807) is 0 Å². The second-order valence-corrected chi connectivity index (χ2v) is 6.59. The van der Waals surface area contributed by atoms with Gasteiger partial charge >= 0.3 is 0 Å². The van der Waals surface area contributed by atoms with Crippen LogP contribution in [0.5, 0.6) is 11.5 Å². The summed E-state index contributed by atoms with van der Waals surface area (Å²) in [5, 5.41) is 0. The van der Waals surface area contributed by atoms with Gasteiger partial charge in [0.25, 0.3) is 0 Å². The molecule has 2 rings (SSSR count). The van der Waals surface area contributed by atoms with Gasteiger partial charge in [-0.2, -0.15) is 0 Å². The number of hydrogen-bond acceptors (Lipinski definition) is 2. The molecule has 2 aromatic rings. The van der Waals surface area contributed by atoms with Crippen molar-refractivity contribution in [2.75, 3.05) is 6.54 Å². The lowest BCUT2D eigenvalue weighted by Gasteiger charge is -2.10. The van der Waals surface area contributed by atoms with Crippen molar-refractivity contribution in [1.82, 2.24) is 0 Å². The van der Waals surface area contributed by atoms with Gasteiger partial charge in [-0.05, 0) is 64.8 Å². The maximum absolute atomic E-state index is 5.85. The predicted molar refractivity (Wildman–Crippen MR) is 88.8 cm³/mol. The summed E-state index contributed by atoms with van der Waals surface area (Å²) in [7, 11) is 0. The molecule has 0 spiro atoms. The van der Waals surface area contributed by atoms with E-state index in [-0.39, 0.29) is 0 Å². The van der Waals surface area contributed by atoms with Gasteiger partial charge in [0.05, 0.1) is 4.47 Å². The largest absolute Gasteiger partial charge is 0.456 e. The average molecular weight is 450 g/mol. The summed E-state index contributed by atoms with van der Waals surface area (Å²) in [6.07, 6.45) is 0.850. The first-order chi connectivity index (χ1) is 9.10. The lowest BCUT2D eigenvalue weighted by molar-refractivity contribution is 0.479. The standard InChI is InChI=1S/C14H12Br3NO/c15-10-2-4-14(13(17)7-10)19-11-3-1-9(5-6-18)12(16)8-11/h1-4,7-8H,5-6,18H2. The number of nitrogens with two attached hydrogens (primary N) is 1. The van der Waals surface area contributed by atoms with Crippen molar-refractivity contribution >= 4 is 47.8 Å². The van der Waals surface area contributed by atoms with Gasteiger partial charge in [-0.1, -0.05) is 37.9 Å². The zero-order chi connectivity index (χ0) is 13.8. The summed E-state index contributed by atoms with van der Waals surface area (Å²) in [5.41, 5.74) is 6.75. The molecule has 0 bridgehead atoms. The van der Waals surface area contributed by atoms with Crippen molar-refractivity contribution in [3.8, 4) is 11.5 Å². The third-order valence-electron chi connectivity index (χ3n) is 2.56. The van der Waals surface area contributed by atoms with E-state index in [1.165, 1.54) is 5.56 Å². The van der Waals surface area contributed by atoms with Gasteiger partial charge in [-0.25, -0.2) is 0 Å². The summed E-state index contributed by atoms with van der Waals surface area (Å²) < 4.78 is 8.78. The zero-order valence-electron chi connectivity index (χ0n) is 10.00. The lowest BCUT2D eigenvalue weighted by atomic mass is 10.1. The smallest absolute Gasteiger partial charge is 0.141 e. The van der Waals surface area contributed by atoms with E-state index in [4.69, 9.17) is 10.5 Å². The van der Waals surface area contributed by atoms with Crippen LogP contribution in [0.15, 0.2) is 49.8 Å². The highest BCUT2D eigenvalue weighted by molar-refractivity contribution is 9.11. The Hall–Kier alpha value is -0.360. The van der Waals surface area contributed by atoms with Gasteiger partial charge in [0.1, 0.15) is 11.5 Å². The molecule has 0 amide bonds. The molecule has 2 aromatic carbocycles. The average Bonchev–Trinajstić information content (AvgIpc) is 2.36. The van der Waals surface area contributed by atoms with E-state index in [9.17, 15) is 0 Å². The van der Waals surface area contributed by atoms with Crippen molar-refractivity contribution in [2.24, 2.45) is 5.73 Å². The van der Waals surface area contributed by atoms with Crippen LogP contribution in [0.3, 0.4) is 0 Å². The van der Waals surface area contributed by atoms with E-state index in [0.717, 1.165) is 31.3 Å². The first-order valence-corrected chi connectivity index (χ1v) is 8.09. The summed E-state index contributed by atoms with van der Waals surface area (Å²) in [4.78, 5) is 0. The molecule has 0 heterocycles. The number of hydrogen-bond donors (Lipinski definition) is 1. The van der Waals surface area contributed by atoms with Crippen LogP contribution < -0.4 is 10.5 Å². The highest BCUT2D eigenvalue weighted by Crippen LogP contribution is 2.33. The van der Waals surface area contributed by atoms with E-state index in [0.29, 0.717) is 6.54 Å². The molecule has 0 fully saturated rings. The van der Waals surface area contributed by atoms with Crippen LogP contribution in [-0.4, -0.2) is 6.54 Å². The van der Waals surface area contributed by atoms with Gasteiger partial charge < -0.3 is 10.5 Å². The van der Waals surface area contributed by atoms with E-state index in [1.807, 2.05) is 36.4 Å². The minimum absolute atomic E-state index is 0.636. The van der Waals surface area contributed by atoms with Crippen LogP contribution in [0.1, 0.15) is 5.56 Å². The topological polar surface area (TPSA) is 35.2 Å². The lowest BCUT2D eigenvalue weighted by Crippen LogP contribution is -2.03. The molecule has 0 saturated carbocycles. The van der Waals surface area contributed by atoms with Crippen LogP contribution in [0.2, 0.25) is 0 Å². The molecule has 0 aliphatic heterocycles. The minimum atomic E-state index is 0.636. The highest BCUT2D eigenvalue weighted by Gasteiger charge is 2.06. The fourth-order valence-electron chi connectivity index (χ4n) is 1.63. The minimum Gasteiger partial charge on any atom is -0.456 e. The molecular weight excluding hydrogens is 438 g/mol. The zero-order valence-corrected chi connectivity index (χ0v) is 14.8. The first-order valence-electron chi connectivity index (χ1n) is 5.71. The van der Waals surface area contributed by atoms with Gasteiger partial charge in [-0.3, -0.25) is 0 Å². The van der Waals surface area contributed by atoms with Gasteiger partial charge in [0.2, 0.25) is 0 Å². The molecule has 0 unspecified atom stereocenters.